The average molecular weight is 378 g/mol. The number of aryl methyl sites for hydroxylation is 1. The van der Waals surface area contributed by atoms with Gasteiger partial charge in [-0.2, -0.15) is 0 Å². The zero-order valence-electron chi connectivity index (χ0n) is 15.6. The first kappa shape index (κ1) is 18.3. The number of aromatic amines is 1. The number of amides is 1. The molecule has 1 fully saturated rings. The number of nitrogens with zero attached hydrogens (tertiary/aromatic N) is 3. The Bertz CT molecular complexity index is 940. The van der Waals surface area contributed by atoms with E-state index in [2.05, 4.69) is 15.0 Å². The van der Waals surface area contributed by atoms with E-state index in [1.54, 1.807) is 18.5 Å². The number of hydrogen-bond donors (Lipinski definition) is 1. The van der Waals surface area contributed by atoms with Crippen LogP contribution in [0.5, 0.6) is 0 Å². The molecule has 2 aromatic heterocycles. The van der Waals surface area contributed by atoms with E-state index in [1.807, 2.05) is 29.2 Å². The molecule has 1 unspecified atom stereocenters. The van der Waals surface area contributed by atoms with Crippen LogP contribution in [0.4, 0.5) is 4.39 Å². The number of likely N-dealkylation sites (tertiary alicyclic amines) is 1. The van der Waals surface area contributed by atoms with E-state index in [1.165, 1.54) is 12.1 Å². The quantitative estimate of drug-likeness (QED) is 0.720. The summed E-state index contributed by atoms with van der Waals surface area (Å²) in [5.74, 6) is 0.613. The molecular formula is C22H23FN4O. The number of nitrogens with one attached hydrogen (secondary N) is 1. The normalized spacial score (nSPS) is 16.9. The molecule has 6 heteroatoms. The summed E-state index contributed by atoms with van der Waals surface area (Å²) in [5.41, 5.74) is 2.44. The summed E-state index contributed by atoms with van der Waals surface area (Å²) in [4.78, 5) is 26.9. The van der Waals surface area contributed by atoms with Crippen LogP contribution in [-0.2, 0) is 11.2 Å². The first-order chi connectivity index (χ1) is 13.7. The SMILES string of the molecule is O=C(CCc1ccccn1)N1CCCCC1c1ncc(-c2cccc(F)c2)[nH]1. The third-order valence-electron chi connectivity index (χ3n) is 5.19. The van der Waals surface area contributed by atoms with Crippen LogP contribution in [0.2, 0.25) is 0 Å². The molecule has 0 aliphatic carbocycles. The molecule has 0 radical (unpaired) electrons. The van der Waals surface area contributed by atoms with Crippen molar-refractivity contribution in [3.8, 4) is 11.3 Å². The highest BCUT2D eigenvalue weighted by molar-refractivity contribution is 5.77. The lowest BCUT2D eigenvalue weighted by atomic mass is 10.0. The molecule has 0 saturated carbocycles. The molecule has 1 amide bonds. The van der Waals surface area contributed by atoms with Crippen molar-refractivity contribution < 1.29 is 9.18 Å². The van der Waals surface area contributed by atoms with Crippen molar-refractivity contribution in [2.45, 2.75) is 38.1 Å². The van der Waals surface area contributed by atoms with Gasteiger partial charge in [0.2, 0.25) is 5.91 Å². The number of carbonyl (C=O) groups excluding carboxylic acids is 1. The third kappa shape index (κ3) is 4.11. The van der Waals surface area contributed by atoms with Crippen LogP contribution in [-0.4, -0.2) is 32.3 Å². The van der Waals surface area contributed by atoms with Crippen LogP contribution in [0.3, 0.4) is 0 Å². The lowest BCUT2D eigenvalue weighted by Crippen LogP contribution is -2.39. The standard InChI is InChI=1S/C22H23FN4O/c23-17-7-5-6-16(14-17)19-15-25-22(26-19)20-9-2-4-13-27(20)21(28)11-10-18-8-1-3-12-24-18/h1,3,5-8,12,14-15,20H,2,4,9-11,13H2,(H,25,26). The number of carbonyl (C=O) groups is 1. The van der Waals surface area contributed by atoms with Crippen LogP contribution in [0, 0.1) is 5.82 Å². The van der Waals surface area contributed by atoms with Crippen LogP contribution in [0.1, 0.15) is 43.2 Å². The van der Waals surface area contributed by atoms with Crippen LogP contribution in [0.15, 0.2) is 54.9 Å². The van der Waals surface area contributed by atoms with E-state index >= 15 is 0 Å². The van der Waals surface area contributed by atoms with Crippen molar-refractivity contribution in [2.75, 3.05) is 6.54 Å². The van der Waals surface area contributed by atoms with Crippen LogP contribution in [0.25, 0.3) is 11.3 Å². The number of pyridine rings is 1. The summed E-state index contributed by atoms with van der Waals surface area (Å²) in [5, 5.41) is 0. The Morgan fingerprint density at radius 2 is 2.11 bits per heavy atom. The van der Waals surface area contributed by atoms with Gasteiger partial charge in [-0.3, -0.25) is 9.78 Å². The number of imidazole rings is 1. The van der Waals surface area contributed by atoms with Crippen molar-refractivity contribution in [1.29, 1.82) is 0 Å². The fourth-order valence-corrected chi connectivity index (χ4v) is 3.75. The van der Waals surface area contributed by atoms with Gasteiger partial charge in [-0.05, 0) is 49.9 Å². The zero-order chi connectivity index (χ0) is 19.3. The summed E-state index contributed by atoms with van der Waals surface area (Å²) < 4.78 is 13.5. The number of aromatic nitrogens is 3. The summed E-state index contributed by atoms with van der Waals surface area (Å²) in [7, 11) is 0. The van der Waals surface area contributed by atoms with Gasteiger partial charge in [-0.15, -0.1) is 0 Å². The maximum absolute atomic E-state index is 13.5. The van der Waals surface area contributed by atoms with E-state index in [4.69, 9.17) is 0 Å². The molecule has 0 spiro atoms. The average Bonchev–Trinajstić information content (AvgIpc) is 3.23. The van der Waals surface area contributed by atoms with Gasteiger partial charge in [0, 0.05) is 30.4 Å². The number of hydrogen-bond acceptors (Lipinski definition) is 3. The molecule has 1 aliphatic heterocycles. The van der Waals surface area contributed by atoms with Crippen molar-refractivity contribution in [1.82, 2.24) is 19.9 Å². The number of benzene rings is 1. The monoisotopic (exact) mass is 378 g/mol. The van der Waals surface area contributed by atoms with E-state index in [0.717, 1.165) is 48.6 Å². The molecule has 1 aromatic carbocycles. The minimum atomic E-state index is -0.280. The van der Waals surface area contributed by atoms with Crippen molar-refractivity contribution in [3.63, 3.8) is 0 Å². The van der Waals surface area contributed by atoms with E-state index in [0.29, 0.717) is 12.8 Å². The van der Waals surface area contributed by atoms with Gasteiger partial charge in [-0.1, -0.05) is 18.2 Å². The molecule has 1 atom stereocenters. The maximum Gasteiger partial charge on any atom is 0.223 e. The molecule has 0 bridgehead atoms. The minimum Gasteiger partial charge on any atom is -0.340 e. The van der Waals surface area contributed by atoms with Crippen molar-refractivity contribution in [3.05, 3.63) is 72.2 Å². The molecule has 1 aliphatic rings. The van der Waals surface area contributed by atoms with Crippen molar-refractivity contribution in [2.24, 2.45) is 0 Å². The number of piperidine rings is 1. The molecule has 1 saturated heterocycles. The molecule has 1 N–H and O–H groups in total. The van der Waals surface area contributed by atoms with E-state index in [-0.39, 0.29) is 17.8 Å². The Balaban J connectivity index is 1.48. The van der Waals surface area contributed by atoms with Crippen LogP contribution >= 0.6 is 0 Å². The van der Waals surface area contributed by atoms with Crippen molar-refractivity contribution >= 4 is 5.91 Å². The summed E-state index contributed by atoms with van der Waals surface area (Å²) in [6.45, 7) is 0.738. The Labute approximate surface area is 163 Å². The Morgan fingerprint density at radius 1 is 1.18 bits per heavy atom. The second-order valence-electron chi connectivity index (χ2n) is 7.11. The molecule has 4 rings (SSSR count). The molecular weight excluding hydrogens is 355 g/mol. The van der Waals surface area contributed by atoms with Gasteiger partial charge >= 0.3 is 0 Å². The predicted molar refractivity (Wildman–Crippen MR) is 105 cm³/mol. The lowest BCUT2D eigenvalue weighted by molar-refractivity contribution is -0.135. The van der Waals surface area contributed by atoms with Gasteiger partial charge < -0.3 is 9.88 Å². The molecule has 5 nitrogen and oxygen atoms in total. The predicted octanol–water partition coefficient (Wildman–Crippen LogP) is 4.30. The Kier molecular flexibility index (Phi) is 5.46. The first-order valence-electron chi connectivity index (χ1n) is 9.71. The highest BCUT2D eigenvalue weighted by atomic mass is 19.1. The van der Waals surface area contributed by atoms with Gasteiger partial charge in [-0.25, -0.2) is 9.37 Å². The highest BCUT2D eigenvalue weighted by Crippen LogP contribution is 2.31. The largest absolute Gasteiger partial charge is 0.340 e. The third-order valence-corrected chi connectivity index (χ3v) is 5.19. The van der Waals surface area contributed by atoms with E-state index < -0.39 is 0 Å². The van der Waals surface area contributed by atoms with E-state index in [9.17, 15) is 9.18 Å². The molecule has 28 heavy (non-hydrogen) atoms. The highest BCUT2D eigenvalue weighted by Gasteiger charge is 2.29. The van der Waals surface area contributed by atoms with Gasteiger partial charge in [0.1, 0.15) is 11.6 Å². The van der Waals surface area contributed by atoms with Gasteiger partial charge in [0.25, 0.3) is 0 Å². The molecule has 3 aromatic rings. The summed E-state index contributed by atoms with van der Waals surface area (Å²) in [6.07, 6.45) is 7.48. The van der Waals surface area contributed by atoms with Crippen LogP contribution < -0.4 is 0 Å². The molecule has 144 valence electrons. The Hall–Kier alpha value is -3.02. The maximum atomic E-state index is 13.5. The summed E-state index contributed by atoms with van der Waals surface area (Å²) >= 11 is 0. The minimum absolute atomic E-state index is 0.0627. The lowest BCUT2D eigenvalue weighted by Gasteiger charge is -2.34. The summed E-state index contributed by atoms with van der Waals surface area (Å²) in [6, 6.07) is 12.1. The topological polar surface area (TPSA) is 61.9 Å². The second-order valence-corrected chi connectivity index (χ2v) is 7.11. The zero-order valence-corrected chi connectivity index (χ0v) is 15.6. The van der Waals surface area contributed by atoms with Gasteiger partial charge in [0.05, 0.1) is 17.9 Å². The Morgan fingerprint density at radius 3 is 2.93 bits per heavy atom. The number of halogens is 1. The second kappa shape index (κ2) is 8.33. The fourth-order valence-electron chi connectivity index (χ4n) is 3.75. The first-order valence-corrected chi connectivity index (χ1v) is 9.71. The number of rotatable bonds is 5. The number of H-pyrrole nitrogens is 1. The molecule has 3 heterocycles. The van der Waals surface area contributed by atoms with Gasteiger partial charge in [0.15, 0.2) is 0 Å². The fraction of sp³-hybridized carbons (Fsp3) is 0.318. The smallest absolute Gasteiger partial charge is 0.223 e.